The van der Waals surface area contributed by atoms with Crippen LogP contribution in [0.3, 0.4) is 0 Å². The second-order valence-corrected chi connectivity index (χ2v) is 14.7. The van der Waals surface area contributed by atoms with Crippen molar-refractivity contribution in [1.82, 2.24) is 20.4 Å². The number of hydrogen-bond acceptors (Lipinski definition) is 6. The Labute approximate surface area is 319 Å². The summed E-state index contributed by atoms with van der Waals surface area (Å²) in [6.07, 6.45) is 30.7. The van der Waals surface area contributed by atoms with Gasteiger partial charge in [0.1, 0.15) is 0 Å². The summed E-state index contributed by atoms with van der Waals surface area (Å²) in [5.41, 5.74) is 21.9. The van der Waals surface area contributed by atoms with Gasteiger partial charge in [0, 0.05) is 39.3 Å². The molecule has 0 rings (SSSR count). The highest BCUT2D eigenvalue weighted by Gasteiger charge is 2.20. The van der Waals surface area contributed by atoms with E-state index >= 15 is 0 Å². The monoisotopic (exact) mass is 737 g/mol. The molecule has 0 saturated heterocycles. The second-order valence-electron chi connectivity index (χ2n) is 14.7. The van der Waals surface area contributed by atoms with Gasteiger partial charge in [-0.3, -0.25) is 25.0 Å². The fourth-order valence-electron chi connectivity index (χ4n) is 6.40. The highest BCUT2D eigenvalue weighted by molar-refractivity contribution is 5.96. The van der Waals surface area contributed by atoms with E-state index in [0.717, 1.165) is 25.7 Å². The van der Waals surface area contributed by atoms with E-state index in [2.05, 4.69) is 39.4 Å². The zero-order valence-electron chi connectivity index (χ0n) is 34.1. The van der Waals surface area contributed by atoms with Crippen molar-refractivity contribution in [2.24, 2.45) is 32.9 Å². The van der Waals surface area contributed by atoms with Crippen LogP contribution < -0.4 is 33.6 Å². The van der Waals surface area contributed by atoms with E-state index in [-0.39, 0.29) is 23.9 Å². The number of carbonyl (C=O) groups is 2. The number of urea groups is 1. The minimum atomic E-state index is -0.527. The van der Waals surface area contributed by atoms with E-state index in [1.54, 1.807) is 6.92 Å². The summed E-state index contributed by atoms with van der Waals surface area (Å²) < 4.78 is 0. The van der Waals surface area contributed by atoms with Gasteiger partial charge >= 0.3 is 6.03 Å². The average molecular weight is 737 g/mol. The van der Waals surface area contributed by atoms with Gasteiger partial charge in [-0.05, 0) is 19.8 Å². The van der Waals surface area contributed by atoms with Crippen molar-refractivity contribution >= 4 is 23.9 Å². The topological polar surface area (TPSA) is 193 Å². The fraction of sp³-hybridized carbons (Fsp3) is 0.900. The number of unbranched alkanes of at least 4 members (excludes halogenated alkanes) is 22. The van der Waals surface area contributed by atoms with Crippen molar-refractivity contribution in [3.8, 4) is 0 Å². The molecular weight excluding hydrogens is 653 g/mol. The predicted molar refractivity (Wildman–Crippen MR) is 223 cm³/mol. The number of nitrogens with one attached hydrogen (secondary N) is 2. The number of guanidine groups is 2. The van der Waals surface area contributed by atoms with Gasteiger partial charge in [-0.25, -0.2) is 4.79 Å². The van der Waals surface area contributed by atoms with Crippen molar-refractivity contribution in [2.45, 2.75) is 181 Å². The van der Waals surface area contributed by atoms with Crippen LogP contribution in [0, 0.1) is 0 Å². The predicted octanol–water partition coefficient (Wildman–Crippen LogP) is 6.75. The Hall–Kier alpha value is -2.60. The maximum absolute atomic E-state index is 13.3. The zero-order chi connectivity index (χ0) is 38.5. The molecule has 0 aromatic rings. The third-order valence-electron chi connectivity index (χ3n) is 9.77. The van der Waals surface area contributed by atoms with Crippen LogP contribution in [0.15, 0.2) is 9.98 Å². The van der Waals surface area contributed by atoms with Crippen molar-refractivity contribution < 1.29 is 9.59 Å². The van der Waals surface area contributed by atoms with Gasteiger partial charge in [-0.2, -0.15) is 0 Å². The lowest BCUT2D eigenvalue weighted by Crippen LogP contribution is -2.51. The van der Waals surface area contributed by atoms with Gasteiger partial charge in [0.25, 0.3) is 0 Å². The minimum absolute atomic E-state index is 0.0453. The Morgan fingerprint density at radius 1 is 0.519 bits per heavy atom. The lowest BCUT2D eigenvalue weighted by atomic mass is 10.0. The molecule has 0 fully saturated rings. The number of nitrogens with two attached hydrogens (primary N) is 4. The molecule has 0 radical (unpaired) electrons. The van der Waals surface area contributed by atoms with Gasteiger partial charge < -0.3 is 33.2 Å². The van der Waals surface area contributed by atoms with Crippen LogP contribution in [0.4, 0.5) is 4.79 Å². The molecule has 0 aliphatic heterocycles. The van der Waals surface area contributed by atoms with Crippen LogP contribution in [0.1, 0.15) is 175 Å². The first-order valence-corrected chi connectivity index (χ1v) is 21.4. The number of nitrogens with zero attached hydrogens (tertiary/aromatic N) is 4. The van der Waals surface area contributed by atoms with Crippen LogP contribution in [0.25, 0.3) is 0 Å². The van der Waals surface area contributed by atoms with Crippen LogP contribution in [-0.4, -0.2) is 92.1 Å². The normalized spacial score (nSPS) is 11.8. The molecule has 12 heteroatoms. The lowest BCUT2D eigenvalue weighted by Gasteiger charge is -2.25. The molecule has 52 heavy (non-hydrogen) atoms. The van der Waals surface area contributed by atoms with Crippen LogP contribution >= 0.6 is 0 Å². The van der Waals surface area contributed by atoms with E-state index in [1.165, 1.54) is 128 Å². The standard InChI is InChI=1S/C40H84N10O2/c1-4-6-8-10-12-14-16-18-20-22-24-26-31-50(32-27-25-23-21-19-17-15-13-11-9-7-5-2)40(52)48-37(51)36(3)45-28-33-49(34-29-46-38(41)42)35-30-47-39(43)44/h36,45H,4-35H2,1-3H3,(H4,41,42,46)(H4,43,44,47)(H,48,51,52). The molecule has 0 spiro atoms. The van der Waals surface area contributed by atoms with E-state index in [4.69, 9.17) is 22.9 Å². The van der Waals surface area contributed by atoms with Gasteiger partial charge in [0.15, 0.2) is 11.9 Å². The number of aliphatic imine (C=N–C) groups is 2. The second kappa shape index (κ2) is 36.7. The summed E-state index contributed by atoms with van der Waals surface area (Å²) in [5, 5.41) is 5.93. The van der Waals surface area contributed by atoms with Gasteiger partial charge in [-0.1, -0.05) is 155 Å². The first-order chi connectivity index (χ1) is 25.2. The number of rotatable bonds is 37. The molecule has 1 atom stereocenters. The van der Waals surface area contributed by atoms with Crippen molar-refractivity contribution in [3.05, 3.63) is 0 Å². The average Bonchev–Trinajstić information content (AvgIpc) is 3.10. The maximum atomic E-state index is 13.3. The number of amides is 3. The molecular formula is C40H84N10O2. The molecule has 0 aromatic carbocycles. The van der Waals surface area contributed by atoms with E-state index in [0.29, 0.717) is 52.4 Å². The van der Waals surface area contributed by atoms with Crippen molar-refractivity contribution in [3.63, 3.8) is 0 Å². The highest BCUT2D eigenvalue weighted by atomic mass is 16.2. The van der Waals surface area contributed by atoms with E-state index in [9.17, 15) is 9.59 Å². The molecule has 0 heterocycles. The minimum Gasteiger partial charge on any atom is -0.370 e. The summed E-state index contributed by atoms with van der Waals surface area (Å²) in [6, 6.07) is -0.803. The molecule has 12 nitrogen and oxygen atoms in total. The fourth-order valence-corrected chi connectivity index (χ4v) is 6.40. The molecule has 10 N–H and O–H groups in total. The Bertz CT molecular complexity index is 844. The van der Waals surface area contributed by atoms with Crippen LogP contribution in [0.2, 0.25) is 0 Å². The van der Waals surface area contributed by atoms with Crippen LogP contribution in [-0.2, 0) is 4.79 Å². The number of imide groups is 1. The largest absolute Gasteiger partial charge is 0.370 e. The van der Waals surface area contributed by atoms with Gasteiger partial charge in [0.2, 0.25) is 5.91 Å². The van der Waals surface area contributed by atoms with E-state index < -0.39 is 6.04 Å². The summed E-state index contributed by atoms with van der Waals surface area (Å²) in [6.45, 7) is 11.0. The SMILES string of the molecule is CCCCCCCCCCCCCCN(CCCCCCCCCCCCCC)C(=O)NC(=O)C(C)NCCN(CCN=C(N)N)CCN=C(N)N. The van der Waals surface area contributed by atoms with Crippen LogP contribution in [0.5, 0.6) is 0 Å². The molecule has 0 aliphatic rings. The smallest absolute Gasteiger partial charge is 0.324 e. The zero-order valence-corrected chi connectivity index (χ0v) is 34.1. The Balaban J connectivity index is 4.72. The first kappa shape index (κ1) is 49.4. The summed E-state index contributed by atoms with van der Waals surface area (Å²) in [4.78, 5) is 38.5. The Morgan fingerprint density at radius 3 is 1.21 bits per heavy atom. The van der Waals surface area contributed by atoms with E-state index in [1.807, 2.05) is 4.90 Å². The first-order valence-electron chi connectivity index (χ1n) is 21.4. The Kier molecular flexibility index (Phi) is 34.9. The quantitative estimate of drug-likeness (QED) is 0.0229. The highest BCUT2D eigenvalue weighted by Crippen LogP contribution is 2.14. The van der Waals surface area contributed by atoms with Gasteiger partial charge in [-0.15, -0.1) is 0 Å². The van der Waals surface area contributed by atoms with Gasteiger partial charge in [0.05, 0.1) is 19.1 Å². The summed E-state index contributed by atoms with van der Waals surface area (Å²) in [7, 11) is 0. The number of hydrogen-bond donors (Lipinski definition) is 6. The molecule has 0 bridgehead atoms. The summed E-state index contributed by atoms with van der Waals surface area (Å²) >= 11 is 0. The molecule has 0 saturated carbocycles. The molecule has 0 aliphatic carbocycles. The number of carbonyl (C=O) groups excluding carboxylic acids is 2. The maximum Gasteiger partial charge on any atom is 0.324 e. The summed E-state index contributed by atoms with van der Waals surface area (Å²) in [5.74, 6) is -0.222. The van der Waals surface area contributed by atoms with Crippen molar-refractivity contribution in [1.29, 1.82) is 0 Å². The molecule has 3 amide bonds. The Morgan fingerprint density at radius 2 is 0.865 bits per heavy atom. The van der Waals surface area contributed by atoms with Crippen molar-refractivity contribution in [2.75, 3.05) is 52.4 Å². The third kappa shape index (κ3) is 33.3. The third-order valence-corrected chi connectivity index (χ3v) is 9.77. The molecule has 306 valence electrons. The lowest BCUT2D eigenvalue weighted by molar-refractivity contribution is -0.121. The molecule has 1 unspecified atom stereocenters. The molecule has 0 aromatic heterocycles.